The van der Waals surface area contributed by atoms with E-state index in [1.54, 1.807) is 6.20 Å². The summed E-state index contributed by atoms with van der Waals surface area (Å²) < 4.78 is 5.57. The van der Waals surface area contributed by atoms with E-state index in [0.29, 0.717) is 12.5 Å². The fraction of sp³-hybridized carbons (Fsp3) is 0.214. The van der Waals surface area contributed by atoms with Crippen molar-refractivity contribution >= 4 is 0 Å². The lowest BCUT2D eigenvalue weighted by atomic mass is 10.1. The molecule has 1 heterocycles. The Morgan fingerprint density at radius 1 is 1.24 bits per heavy atom. The highest BCUT2D eigenvalue weighted by Gasteiger charge is 2.06. The molecule has 3 heteroatoms. The number of pyridine rings is 1. The van der Waals surface area contributed by atoms with Gasteiger partial charge in [0.15, 0.2) is 0 Å². The molecule has 0 spiro atoms. The summed E-state index contributed by atoms with van der Waals surface area (Å²) in [6, 6.07) is 13.6. The van der Waals surface area contributed by atoms with E-state index in [9.17, 15) is 0 Å². The maximum absolute atomic E-state index is 6.03. The van der Waals surface area contributed by atoms with Crippen LogP contribution in [-0.2, 0) is 0 Å². The van der Waals surface area contributed by atoms with Crippen molar-refractivity contribution in [2.24, 2.45) is 5.73 Å². The van der Waals surface area contributed by atoms with Crippen LogP contribution in [0.15, 0.2) is 48.7 Å². The second-order valence-electron chi connectivity index (χ2n) is 4.00. The molecule has 2 rings (SSSR count). The molecule has 0 saturated carbocycles. The minimum atomic E-state index is -0.126. The van der Waals surface area contributed by atoms with Gasteiger partial charge in [-0.15, -0.1) is 0 Å². The van der Waals surface area contributed by atoms with E-state index < -0.39 is 0 Å². The van der Waals surface area contributed by atoms with Crippen molar-refractivity contribution in [3.8, 4) is 5.88 Å². The van der Waals surface area contributed by atoms with E-state index in [4.69, 9.17) is 10.5 Å². The van der Waals surface area contributed by atoms with E-state index in [0.717, 1.165) is 11.1 Å². The van der Waals surface area contributed by atoms with Gasteiger partial charge in [-0.05, 0) is 24.1 Å². The van der Waals surface area contributed by atoms with E-state index in [1.807, 2.05) is 49.4 Å². The van der Waals surface area contributed by atoms with Crippen LogP contribution in [0.2, 0.25) is 0 Å². The van der Waals surface area contributed by atoms with Crippen LogP contribution < -0.4 is 10.5 Å². The predicted octanol–water partition coefficient (Wildman–Crippen LogP) is 2.47. The highest BCUT2D eigenvalue weighted by molar-refractivity contribution is 5.20. The van der Waals surface area contributed by atoms with Gasteiger partial charge in [-0.1, -0.05) is 30.3 Å². The number of rotatable bonds is 4. The van der Waals surface area contributed by atoms with Crippen molar-refractivity contribution in [1.29, 1.82) is 0 Å². The van der Waals surface area contributed by atoms with Gasteiger partial charge in [0.05, 0.1) is 6.04 Å². The lowest BCUT2D eigenvalue weighted by Crippen LogP contribution is -2.19. The Kier molecular flexibility index (Phi) is 3.73. The molecule has 1 aromatic carbocycles. The molecule has 17 heavy (non-hydrogen) atoms. The lowest BCUT2D eigenvalue weighted by Gasteiger charge is -2.13. The van der Waals surface area contributed by atoms with Crippen LogP contribution in [0.25, 0.3) is 0 Å². The Balaban J connectivity index is 1.95. The van der Waals surface area contributed by atoms with Crippen LogP contribution in [0.3, 0.4) is 0 Å². The van der Waals surface area contributed by atoms with Crippen molar-refractivity contribution in [2.75, 3.05) is 6.61 Å². The molecule has 0 bridgehead atoms. The largest absolute Gasteiger partial charge is 0.476 e. The molecule has 0 radical (unpaired) electrons. The molecule has 0 aliphatic carbocycles. The number of nitrogens with zero attached hydrogens (tertiary/aromatic N) is 1. The molecule has 0 aliphatic heterocycles. The van der Waals surface area contributed by atoms with Gasteiger partial charge in [0.1, 0.15) is 6.61 Å². The van der Waals surface area contributed by atoms with Crippen LogP contribution in [0.5, 0.6) is 5.88 Å². The van der Waals surface area contributed by atoms with Gasteiger partial charge in [0.25, 0.3) is 0 Å². The lowest BCUT2D eigenvalue weighted by molar-refractivity contribution is 0.280. The summed E-state index contributed by atoms with van der Waals surface area (Å²) in [5, 5.41) is 0. The summed E-state index contributed by atoms with van der Waals surface area (Å²) >= 11 is 0. The van der Waals surface area contributed by atoms with Crippen LogP contribution in [0.4, 0.5) is 0 Å². The molecule has 1 atom stereocenters. The van der Waals surface area contributed by atoms with Gasteiger partial charge in [-0.3, -0.25) is 0 Å². The van der Waals surface area contributed by atoms with Gasteiger partial charge >= 0.3 is 0 Å². The van der Waals surface area contributed by atoms with Gasteiger partial charge < -0.3 is 10.5 Å². The molecule has 0 fully saturated rings. The first-order valence-corrected chi connectivity index (χ1v) is 5.61. The topological polar surface area (TPSA) is 48.1 Å². The van der Waals surface area contributed by atoms with Crippen molar-refractivity contribution in [3.05, 3.63) is 59.8 Å². The Morgan fingerprint density at radius 2 is 2.00 bits per heavy atom. The third-order valence-corrected chi connectivity index (χ3v) is 2.53. The second-order valence-corrected chi connectivity index (χ2v) is 4.00. The maximum atomic E-state index is 6.03. The molecule has 88 valence electrons. The fourth-order valence-corrected chi connectivity index (χ4v) is 1.56. The number of hydrogen-bond donors (Lipinski definition) is 1. The number of aromatic nitrogens is 1. The molecule has 0 amide bonds. The molecule has 2 N–H and O–H groups in total. The van der Waals surface area contributed by atoms with E-state index >= 15 is 0 Å². The Labute approximate surface area is 101 Å². The number of aryl methyl sites for hydroxylation is 1. The Morgan fingerprint density at radius 3 is 2.71 bits per heavy atom. The van der Waals surface area contributed by atoms with Gasteiger partial charge in [-0.25, -0.2) is 4.98 Å². The third kappa shape index (κ3) is 3.29. The molecule has 2 aromatic rings. The van der Waals surface area contributed by atoms with Crippen molar-refractivity contribution < 1.29 is 4.74 Å². The second kappa shape index (κ2) is 5.46. The summed E-state index contributed by atoms with van der Waals surface area (Å²) in [7, 11) is 0. The summed E-state index contributed by atoms with van der Waals surface area (Å²) in [5.41, 5.74) is 8.23. The third-order valence-electron chi connectivity index (χ3n) is 2.53. The summed E-state index contributed by atoms with van der Waals surface area (Å²) in [6.45, 7) is 2.44. The summed E-state index contributed by atoms with van der Waals surface area (Å²) in [4.78, 5) is 4.13. The monoisotopic (exact) mass is 228 g/mol. The quantitative estimate of drug-likeness (QED) is 0.874. The molecule has 1 aromatic heterocycles. The standard InChI is InChI=1S/C14H16N2O/c1-11-7-8-16-14(9-11)17-10-13(15)12-5-3-2-4-6-12/h2-9,13H,10,15H2,1H3. The summed E-state index contributed by atoms with van der Waals surface area (Å²) in [6.07, 6.45) is 1.73. The van der Waals surface area contributed by atoms with E-state index in [1.165, 1.54) is 0 Å². The minimum Gasteiger partial charge on any atom is -0.476 e. The molecule has 0 saturated heterocycles. The van der Waals surface area contributed by atoms with Crippen LogP contribution in [0, 0.1) is 6.92 Å². The van der Waals surface area contributed by atoms with Gasteiger partial charge in [0.2, 0.25) is 5.88 Å². The average molecular weight is 228 g/mol. The first-order valence-electron chi connectivity index (χ1n) is 5.61. The number of hydrogen-bond acceptors (Lipinski definition) is 3. The number of ether oxygens (including phenoxy) is 1. The molecular weight excluding hydrogens is 212 g/mol. The van der Waals surface area contributed by atoms with Crippen LogP contribution >= 0.6 is 0 Å². The Hall–Kier alpha value is -1.87. The molecular formula is C14H16N2O. The highest BCUT2D eigenvalue weighted by atomic mass is 16.5. The first-order chi connectivity index (χ1) is 8.25. The smallest absolute Gasteiger partial charge is 0.213 e. The SMILES string of the molecule is Cc1ccnc(OCC(N)c2ccccc2)c1. The van der Waals surface area contributed by atoms with Crippen LogP contribution in [-0.4, -0.2) is 11.6 Å². The van der Waals surface area contributed by atoms with Crippen molar-refractivity contribution in [1.82, 2.24) is 4.98 Å². The summed E-state index contributed by atoms with van der Waals surface area (Å²) in [5.74, 6) is 0.622. The highest BCUT2D eigenvalue weighted by Crippen LogP contribution is 2.13. The number of benzene rings is 1. The molecule has 0 aliphatic rings. The van der Waals surface area contributed by atoms with Crippen molar-refractivity contribution in [3.63, 3.8) is 0 Å². The van der Waals surface area contributed by atoms with Crippen LogP contribution in [0.1, 0.15) is 17.2 Å². The fourth-order valence-electron chi connectivity index (χ4n) is 1.56. The van der Waals surface area contributed by atoms with E-state index in [2.05, 4.69) is 4.98 Å². The zero-order valence-electron chi connectivity index (χ0n) is 9.84. The maximum Gasteiger partial charge on any atom is 0.213 e. The zero-order chi connectivity index (χ0) is 12.1. The molecule has 3 nitrogen and oxygen atoms in total. The zero-order valence-corrected chi connectivity index (χ0v) is 9.84. The van der Waals surface area contributed by atoms with Gasteiger partial charge in [0, 0.05) is 12.3 Å². The molecule has 1 unspecified atom stereocenters. The Bertz CT molecular complexity index is 471. The minimum absolute atomic E-state index is 0.126. The van der Waals surface area contributed by atoms with Gasteiger partial charge in [-0.2, -0.15) is 0 Å². The van der Waals surface area contributed by atoms with Crippen molar-refractivity contribution in [2.45, 2.75) is 13.0 Å². The van der Waals surface area contributed by atoms with E-state index in [-0.39, 0.29) is 6.04 Å². The normalized spacial score (nSPS) is 12.1. The number of nitrogens with two attached hydrogens (primary N) is 1. The predicted molar refractivity (Wildman–Crippen MR) is 67.8 cm³/mol. The average Bonchev–Trinajstić information content (AvgIpc) is 2.37. The first kappa shape index (κ1) is 11.6.